The van der Waals surface area contributed by atoms with Crippen LogP contribution >= 0.6 is 0 Å². The molecule has 11 atom stereocenters. The van der Waals surface area contributed by atoms with E-state index < -0.39 is 96.1 Å². The van der Waals surface area contributed by atoms with Gasteiger partial charge in [-0.05, 0) is 43.4 Å². The molecule has 2 aliphatic rings. The van der Waals surface area contributed by atoms with Crippen molar-refractivity contribution in [1.29, 1.82) is 0 Å². The SMILES string of the molecule is C=C[C@H]1OCC[C@@H](C[C@H](OC(=O)C[C@@H](O)CC(O)O[C@H](CC2C/C(=C\C(=O)OC)[C@H](OC(=O)C(C)CC)[C@](O)(C(C)(C)C)O2)[C@@H](C)OCc2ccccc2)C(C)(C)CO)O1. The lowest BCUT2D eigenvalue weighted by Gasteiger charge is -2.51. The quantitative estimate of drug-likeness (QED) is 0.0396. The Kier molecular flexibility index (Phi) is 19.8. The first kappa shape index (κ1) is 51.1. The van der Waals surface area contributed by atoms with Crippen molar-refractivity contribution >= 4 is 17.9 Å². The third-order valence-electron chi connectivity index (χ3n) is 11.2. The molecule has 1 aromatic rings. The second kappa shape index (κ2) is 23.3. The predicted octanol–water partition coefficient (Wildman–Crippen LogP) is 5.05. The molecule has 0 saturated carbocycles. The molecule has 1 aromatic carbocycles. The van der Waals surface area contributed by atoms with Crippen LogP contribution in [0.2, 0.25) is 0 Å². The number of rotatable bonds is 22. The fourth-order valence-corrected chi connectivity index (χ4v) is 6.86. The maximum Gasteiger partial charge on any atom is 0.330 e. The molecule has 3 unspecified atom stereocenters. The van der Waals surface area contributed by atoms with E-state index >= 15 is 0 Å². The minimum atomic E-state index is -2.13. The topological polar surface area (TPSA) is 206 Å². The first-order valence-electron chi connectivity index (χ1n) is 20.9. The van der Waals surface area contributed by atoms with Crippen LogP contribution in [0.1, 0.15) is 106 Å². The maximum atomic E-state index is 13.2. The van der Waals surface area contributed by atoms with Gasteiger partial charge in [-0.25, -0.2) is 4.79 Å². The first-order chi connectivity index (χ1) is 28.2. The van der Waals surface area contributed by atoms with Crippen molar-refractivity contribution in [3.63, 3.8) is 0 Å². The summed E-state index contributed by atoms with van der Waals surface area (Å²) in [5.74, 6) is -4.64. The van der Waals surface area contributed by atoms with Gasteiger partial charge in [0, 0.05) is 36.2 Å². The molecule has 60 heavy (non-hydrogen) atoms. The molecule has 0 spiro atoms. The molecule has 0 radical (unpaired) electrons. The van der Waals surface area contributed by atoms with Crippen LogP contribution in [0.5, 0.6) is 0 Å². The fourth-order valence-electron chi connectivity index (χ4n) is 6.86. The molecular weight excluding hydrogens is 780 g/mol. The number of hydrogen-bond acceptors (Lipinski definition) is 15. The average Bonchev–Trinajstić information content (AvgIpc) is 3.20. The van der Waals surface area contributed by atoms with Crippen LogP contribution in [-0.4, -0.2) is 120 Å². The monoisotopic (exact) mass is 850 g/mol. The Morgan fingerprint density at radius 1 is 1.05 bits per heavy atom. The van der Waals surface area contributed by atoms with Gasteiger partial charge >= 0.3 is 17.9 Å². The van der Waals surface area contributed by atoms with Crippen molar-refractivity contribution in [2.75, 3.05) is 20.3 Å². The van der Waals surface area contributed by atoms with Crippen molar-refractivity contribution < 1.29 is 72.7 Å². The smallest absolute Gasteiger partial charge is 0.330 e. The molecular formula is C45H70O15. The van der Waals surface area contributed by atoms with E-state index in [1.165, 1.54) is 19.3 Å². The van der Waals surface area contributed by atoms with Gasteiger partial charge in [0.1, 0.15) is 6.10 Å². The molecule has 2 heterocycles. The molecule has 2 aliphatic heterocycles. The Bertz CT molecular complexity index is 1540. The third-order valence-corrected chi connectivity index (χ3v) is 11.2. The molecule has 15 nitrogen and oxygen atoms in total. The molecule has 0 amide bonds. The van der Waals surface area contributed by atoms with Crippen molar-refractivity contribution in [2.45, 2.75) is 168 Å². The van der Waals surface area contributed by atoms with Crippen LogP contribution < -0.4 is 0 Å². The van der Waals surface area contributed by atoms with Gasteiger partial charge in [0.25, 0.3) is 0 Å². The van der Waals surface area contributed by atoms with Gasteiger partial charge in [-0.15, -0.1) is 0 Å². The highest BCUT2D eigenvalue weighted by molar-refractivity contribution is 5.83. The molecule has 0 aromatic heterocycles. The molecule has 4 N–H and O–H groups in total. The third kappa shape index (κ3) is 15.0. The van der Waals surface area contributed by atoms with Gasteiger partial charge in [0.15, 0.2) is 18.7 Å². The fraction of sp³-hybridized carbons (Fsp3) is 0.711. The van der Waals surface area contributed by atoms with E-state index in [1.807, 2.05) is 37.3 Å². The number of aliphatic hydroxyl groups is 4. The van der Waals surface area contributed by atoms with Crippen molar-refractivity contribution in [3.8, 4) is 0 Å². The number of benzene rings is 1. The lowest BCUT2D eigenvalue weighted by molar-refractivity contribution is -0.335. The second-order valence-electron chi connectivity index (χ2n) is 17.6. The van der Waals surface area contributed by atoms with E-state index in [2.05, 4.69) is 6.58 Å². The summed E-state index contributed by atoms with van der Waals surface area (Å²) < 4.78 is 46.8. The normalized spacial score (nSPS) is 26.2. The van der Waals surface area contributed by atoms with Gasteiger partial charge in [-0.2, -0.15) is 0 Å². The average molecular weight is 851 g/mol. The molecule has 0 bridgehead atoms. The number of hydrogen-bond donors (Lipinski definition) is 4. The van der Waals surface area contributed by atoms with E-state index in [9.17, 15) is 34.8 Å². The van der Waals surface area contributed by atoms with Crippen molar-refractivity contribution in [2.24, 2.45) is 16.7 Å². The van der Waals surface area contributed by atoms with Gasteiger partial charge in [-0.3, -0.25) is 9.59 Å². The van der Waals surface area contributed by atoms with Crippen LogP contribution in [0.3, 0.4) is 0 Å². The largest absolute Gasteiger partial charge is 0.466 e. The van der Waals surface area contributed by atoms with E-state index in [0.29, 0.717) is 19.4 Å². The van der Waals surface area contributed by atoms with Gasteiger partial charge in [-0.1, -0.05) is 85.4 Å². The number of carbonyl (C=O) groups is 3. The Hall–Kier alpha value is -3.25. The van der Waals surface area contributed by atoms with Crippen molar-refractivity contribution in [3.05, 3.63) is 60.2 Å². The van der Waals surface area contributed by atoms with Gasteiger partial charge in [0.05, 0.1) is 69.8 Å². The number of carbonyl (C=O) groups excluding carboxylic acids is 3. The summed E-state index contributed by atoms with van der Waals surface area (Å²) in [5, 5.41) is 44.7. The summed E-state index contributed by atoms with van der Waals surface area (Å²) in [5.41, 5.74) is -0.735. The highest BCUT2D eigenvalue weighted by atomic mass is 16.7. The van der Waals surface area contributed by atoms with Gasteiger partial charge in [0.2, 0.25) is 5.79 Å². The van der Waals surface area contributed by atoms with E-state index in [-0.39, 0.29) is 50.6 Å². The minimum absolute atomic E-state index is 0.00694. The molecule has 2 fully saturated rings. The minimum Gasteiger partial charge on any atom is -0.466 e. The zero-order chi connectivity index (χ0) is 44.8. The van der Waals surface area contributed by atoms with Crippen LogP contribution in [0.25, 0.3) is 0 Å². The number of aliphatic hydroxyl groups excluding tert-OH is 3. The molecule has 2 saturated heterocycles. The second-order valence-corrected chi connectivity index (χ2v) is 17.6. The lowest BCUT2D eigenvalue weighted by Crippen LogP contribution is -2.62. The number of ether oxygens (including phenoxy) is 8. The maximum absolute atomic E-state index is 13.2. The summed E-state index contributed by atoms with van der Waals surface area (Å²) in [6.45, 7) is 18.0. The lowest BCUT2D eigenvalue weighted by atomic mass is 9.75. The molecule has 15 heteroatoms. The zero-order valence-electron chi connectivity index (χ0n) is 36.9. The summed E-state index contributed by atoms with van der Waals surface area (Å²) in [7, 11) is 1.21. The first-order valence-corrected chi connectivity index (χ1v) is 20.9. The summed E-state index contributed by atoms with van der Waals surface area (Å²) in [6, 6.07) is 9.42. The Morgan fingerprint density at radius 3 is 2.33 bits per heavy atom. The Morgan fingerprint density at radius 2 is 1.73 bits per heavy atom. The number of esters is 3. The Balaban J connectivity index is 1.82. The van der Waals surface area contributed by atoms with Crippen LogP contribution in [0, 0.1) is 16.7 Å². The van der Waals surface area contributed by atoms with E-state index in [0.717, 1.165) is 5.56 Å². The van der Waals surface area contributed by atoms with Crippen LogP contribution in [0.4, 0.5) is 0 Å². The highest BCUT2D eigenvalue weighted by Crippen LogP contribution is 2.46. The van der Waals surface area contributed by atoms with E-state index in [1.54, 1.807) is 48.5 Å². The molecule has 0 aliphatic carbocycles. The standard InChI is InChI=1S/C45H70O15/c1-11-28(3)42(51)59-41-31(21-37(48)53-10)20-34(60-45(41,52)43(5,6)7)24-35(29(4)55-26-30-16-14-13-15-17-30)57-38(49)22-32(47)23-39(50)58-36(44(8,9)27-46)25-33-18-19-54-40(12-2)56-33/h12-17,21,28-29,32-36,38,40-41,46-47,49,52H,2,11,18-20,22-27H2,1,3-10H3/b31-21+/t28?,29-,32+,33+,34?,35-,36+,38?,40+,41+,45-/m1/s1. The van der Waals surface area contributed by atoms with Crippen molar-refractivity contribution in [1.82, 2.24) is 0 Å². The molecule has 340 valence electrons. The van der Waals surface area contributed by atoms with Crippen LogP contribution in [0.15, 0.2) is 54.6 Å². The molecule has 3 rings (SSSR count). The van der Waals surface area contributed by atoms with E-state index in [4.69, 9.17) is 37.9 Å². The van der Waals surface area contributed by atoms with Gasteiger partial charge < -0.3 is 58.3 Å². The summed E-state index contributed by atoms with van der Waals surface area (Å²) >= 11 is 0. The summed E-state index contributed by atoms with van der Waals surface area (Å²) in [4.78, 5) is 39.0. The summed E-state index contributed by atoms with van der Waals surface area (Å²) in [6.07, 6.45) is -5.29. The highest BCUT2D eigenvalue weighted by Gasteiger charge is 2.57. The number of methoxy groups -OCH3 is 1. The Labute approximate surface area is 355 Å². The predicted molar refractivity (Wildman–Crippen MR) is 220 cm³/mol. The van der Waals surface area contributed by atoms with Crippen LogP contribution in [-0.2, 0) is 58.9 Å². The zero-order valence-corrected chi connectivity index (χ0v) is 36.9.